The van der Waals surface area contributed by atoms with E-state index in [-0.39, 0.29) is 11.6 Å². The van der Waals surface area contributed by atoms with Crippen LogP contribution in [0.3, 0.4) is 0 Å². The topological polar surface area (TPSA) is 62.8 Å². The van der Waals surface area contributed by atoms with Crippen LogP contribution in [0.5, 0.6) is 5.75 Å². The molecule has 2 rings (SSSR count). The van der Waals surface area contributed by atoms with Gasteiger partial charge in [0.1, 0.15) is 5.75 Å². The molecule has 122 valence electrons. The van der Waals surface area contributed by atoms with E-state index in [9.17, 15) is 4.79 Å². The van der Waals surface area contributed by atoms with Crippen LogP contribution in [0.4, 0.5) is 10.5 Å². The second-order valence-corrected chi connectivity index (χ2v) is 5.92. The monoisotopic (exact) mass is 307 g/mol. The van der Waals surface area contributed by atoms with Crippen molar-refractivity contribution in [2.75, 3.05) is 45.3 Å². The number of amides is 2. The van der Waals surface area contributed by atoms with Gasteiger partial charge in [-0.2, -0.15) is 0 Å². The zero-order valence-corrected chi connectivity index (χ0v) is 13.5. The van der Waals surface area contributed by atoms with E-state index in [1.54, 1.807) is 7.11 Å². The van der Waals surface area contributed by atoms with Crippen molar-refractivity contribution in [2.24, 2.45) is 0 Å². The molecular formula is C16H25N3O3. The van der Waals surface area contributed by atoms with Gasteiger partial charge >= 0.3 is 6.03 Å². The van der Waals surface area contributed by atoms with Crippen molar-refractivity contribution in [1.82, 2.24) is 10.2 Å². The zero-order valence-electron chi connectivity index (χ0n) is 13.5. The Hall–Kier alpha value is -1.79. The van der Waals surface area contributed by atoms with Crippen LogP contribution in [-0.2, 0) is 4.74 Å². The minimum atomic E-state index is -0.231. The van der Waals surface area contributed by atoms with Crippen molar-refractivity contribution < 1.29 is 14.3 Å². The molecule has 6 heteroatoms. The predicted octanol–water partition coefficient (Wildman–Crippen LogP) is 1.93. The first kappa shape index (κ1) is 16.6. The van der Waals surface area contributed by atoms with Crippen LogP contribution in [0.2, 0.25) is 0 Å². The molecule has 0 saturated carbocycles. The summed E-state index contributed by atoms with van der Waals surface area (Å²) in [5, 5.41) is 5.75. The highest BCUT2D eigenvalue weighted by molar-refractivity contribution is 5.90. The summed E-state index contributed by atoms with van der Waals surface area (Å²) in [6.45, 7) is 8.09. The largest absolute Gasteiger partial charge is 0.495 e. The Kier molecular flexibility index (Phi) is 5.63. The van der Waals surface area contributed by atoms with Gasteiger partial charge in [-0.25, -0.2) is 4.79 Å². The molecular weight excluding hydrogens is 282 g/mol. The Labute approximate surface area is 131 Å². The summed E-state index contributed by atoms with van der Waals surface area (Å²) in [4.78, 5) is 14.4. The predicted molar refractivity (Wildman–Crippen MR) is 86.5 cm³/mol. The maximum Gasteiger partial charge on any atom is 0.319 e. The maximum atomic E-state index is 12.1. The van der Waals surface area contributed by atoms with Crippen molar-refractivity contribution in [3.8, 4) is 5.75 Å². The van der Waals surface area contributed by atoms with Gasteiger partial charge in [0.25, 0.3) is 0 Å². The molecule has 22 heavy (non-hydrogen) atoms. The second kappa shape index (κ2) is 7.47. The number of carbonyl (C=O) groups excluding carboxylic acids is 1. The number of anilines is 1. The molecule has 0 bridgehead atoms. The first-order valence-electron chi connectivity index (χ1n) is 7.53. The number of para-hydroxylation sites is 2. The van der Waals surface area contributed by atoms with E-state index in [1.807, 2.05) is 24.3 Å². The Bertz CT molecular complexity index is 499. The highest BCUT2D eigenvalue weighted by Gasteiger charge is 2.28. The molecule has 1 aromatic rings. The fourth-order valence-electron chi connectivity index (χ4n) is 2.49. The molecule has 1 aliphatic rings. The molecule has 2 amide bonds. The normalized spacial score (nSPS) is 16.1. The number of morpholine rings is 1. The fourth-order valence-corrected chi connectivity index (χ4v) is 2.49. The van der Waals surface area contributed by atoms with Crippen molar-refractivity contribution in [3.63, 3.8) is 0 Å². The summed E-state index contributed by atoms with van der Waals surface area (Å²) in [6.07, 6.45) is 0. The standard InChI is InChI=1S/C16H25N3O3/c1-16(2,19-8-10-22-11-9-19)12-17-15(20)18-13-6-4-5-7-14(13)21-3/h4-7H,8-12H2,1-3H3,(H2,17,18,20). The van der Waals surface area contributed by atoms with Crippen LogP contribution < -0.4 is 15.4 Å². The van der Waals surface area contributed by atoms with E-state index in [4.69, 9.17) is 9.47 Å². The van der Waals surface area contributed by atoms with E-state index >= 15 is 0 Å². The minimum Gasteiger partial charge on any atom is -0.495 e. The van der Waals surface area contributed by atoms with Crippen LogP contribution in [0.1, 0.15) is 13.8 Å². The molecule has 0 aliphatic carbocycles. The van der Waals surface area contributed by atoms with Crippen molar-refractivity contribution in [1.29, 1.82) is 0 Å². The molecule has 1 heterocycles. The summed E-state index contributed by atoms with van der Waals surface area (Å²) in [5.41, 5.74) is 0.550. The molecule has 0 spiro atoms. The number of hydrogen-bond acceptors (Lipinski definition) is 4. The van der Waals surface area contributed by atoms with E-state index in [0.717, 1.165) is 26.3 Å². The summed E-state index contributed by atoms with van der Waals surface area (Å²) >= 11 is 0. The number of urea groups is 1. The third-order valence-corrected chi connectivity index (χ3v) is 3.90. The maximum absolute atomic E-state index is 12.1. The summed E-state index contributed by atoms with van der Waals surface area (Å²) < 4.78 is 10.6. The molecule has 6 nitrogen and oxygen atoms in total. The lowest BCUT2D eigenvalue weighted by atomic mass is 10.0. The van der Waals surface area contributed by atoms with E-state index in [0.29, 0.717) is 18.0 Å². The number of benzene rings is 1. The van der Waals surface area contributed by atoms with E-state index in [1.165, 1.54) is 0 Å². The van der Waals surface area contributed by atoms with Crippen molar-refractivity contribution >= 4 is 11.7 Å². The fraction of sp³-hybridized carbons (Fsp3) is 0.562. The first-order chi connectivity index (χ1) is 10.5. The van der Waals surface area contributed by atoms with Crippen LogP contribution in [0, 0.1) is 0 Å². The first-order valence-corrected chi connectivity index (χ1v) is 7.53. The number of rotatable bonds is 5. The number of carbonyl (C=O) groups is 1. The van der Waals surface area contributed by atoms with E-state index < -0.39 is 0 Å². The molecule has 1 fully saturated rings. The molecule has 0 aromatic heterocycles. The van der Waals surface area contributed by atoms with Gasteiger partial charge in [0.05, 0.1) is 26.0 Å². The van der Waals surface area contributed by atoms with Gasteiger partial charge in [0.2, 0.25) is 0 Å². The number of nitrogens with one attached hydrogen (secondary N) is 2. The highest BCUT2D eigenvalue weighted by atomic mass is 16.5. The Morgan fingerprint density at radius 2 is 2.00 bits per heavy atom. The molecule has 2 N–H and O–H groups in total. The van der Waals surface area contributed by atoms with Crippen LogP contribution in [-0.4, -0.2) is 56.4 Å². The number of hydrogen-bond donors (Lipinski definition) is 2. The van der Waals surface area contributed by atoms with Gasteiger partial charge in [-0.1, -0.05) is 12.1 Å². The third kappa shape index (κ3) is 4.35. The van der Waals surface area contributed by atoms with Gasteiger partial charge in [-0.15, -0.1) is 0 Å². The lowest BCUT2D eigenvalue weighted by molar-refractivity contribution is -0.00863. The molecule has 1 aromatic carbocycles. The third-order valence-electron chi connectivity index (χ3n) is 3.90. The quantitative estimate of drug-likeness (QED) is 0.872. The SMILES string of the molecule is COc1ccccc1NC(=O)NCC(C)(C)N1CCOCC1. The van der Waals surface area contributed by atoms with Gasteiger partial charge < -0.3 is 20.1 Å². The average Bonchev–Trinajstić information content (AvgIpc) is 2.54. The van der Waals surface area contributed by atoms with Crippen LogP contribution in [0.15, 0.2) is 24.3 Å². The zero-order chi connectivity index (χ0) is 16.0. The molecule has 0 radical (unpaired) electrons. The number of methoxy groups -OCH3 is 1. The van der Waals surface area contributed by atoms with Gasteiger partial charge in [0, 0.05) is 25.2 Å². The van der Waals surface area contributed by atoms with Gasteiger partial charge in [0.15, 0.2) is 0 Å². The summed E-state index contributed by atoms with van der Waals surface area (Å²) in [6, 6.07) is 7.11. The summed E-state index contributed by atoms with van der Waals surface area (Å²) in [7, 11) is 1.58. The van der Waals surface area contributed by atoms with E-state index in [2.05, 4.69) is 29.4 Å². The van der Waals surface area contributed by atoms with Crippen LogP contribution >= 0.6 is 0 Å². The van der Waals surface area contributed by atoms with Gasteiger partial charge in [-0.3, -0.25) is 4.90 Å². The van der Waals surface area contributed by atoms with Crippen LogP contribution in [0.25, 0.3) is 0 Å². The second-order valence-electron chi connectivity index (χ2n) is 5.92. The average molecular weight is 307 g/mol. The smallest absolute Gasteiger partial charge is 0.319 e. The summed E-state index contributed by atoms with van der Waals surface area (Å²) in [5.74, 6) is 0.644. The Balaban J connectivity index is 1.86. The Morgan fingerprint density at radius 3 is 2.68 bits per heavy atom. The lowest BCUT2D eigenvalue weighted by Gasteiger charge is -2.40. The van der Waals surface area contributed by atoms with Gasteiger partial charge in [-0.05, 0) is 26.0 Å². The number of ether oxygens (including phenoxy) is 2. The Morgan fingerprint density at radius 1 is 1.32 bits per heavy atom. The van der Waals surface area contributed by atoms with Crippen molar-refractivity contribution in [3.05, 3.63) is 24.3 Å². The lowest BCUT2D eigenvalue weighted by Crippen LogP contribution is -2.55. The highest BCUT2D eigenvalue weighted by Crippen LogP contribution is 2.22. The molecule has 1 aliphatic heterocycles. The van der Waals surface area contributed by atoms with Crippen molar-refractivity contribution in [2.45, 2.75) is 19.4 Å². The molecule has 0 atom stereocenters. The molecule has 1 saturated heterocycles. The molecule has 0 unspecified atom stereocenters. The minimum absolute atomic E-state index is 0.109. The number of nitrogens with zero attached hydrogens (tertiary/aromatic N) is 1.